The molecule has 0 unspecified atom stereocenters. The van der Waals surface area contributed by atoms with Crippen LogP contribution in [0.5, 0.6) is 0 Å². The van der Waals surface area contributed by atoms with Crippen LogP contribution >= 0.6 is 15.9 Å². The van der Waals surface area contributed by atoms with Crippen molar-refractivity contribution in [2.75, 3.05) is 0 Å². The molecule has 0 amide bonds. The monoisotopic (exact) mass is 403 g/mol. The second-order valence-electron chi connectivity index (χ2n) is 5.80. The first-order valence-electron chi connectivity index (χ1n) is 8.14. The first kappa shape index (κ1) is 16.5. The summed E-state index contributed by atoms with van der Waals surface area (Å²) >= 11 is 3.48. The molecule has 126 valence electrons. The average molecular weight is 404 g/mol. The number of benzene rings is 3. The van der Waals surface area contributed by atoms with Gasteiger partial charge in [0.05, 0.1) is 0 Å². The molecule has 4 rings (SSSR count). The Labute approximate surface area is 159 Å². The third-order valence-electron chi connectivity index (χ3n) is 4.02. The molecule has 0 spiro atoms. The van der Waals surface area contributed by atoms with E-state index >= 15 is 0 Å². The first-order valence-corrected chi connectivity index (χ1v) is 8.93. The summed E-state index contributed by atoms with van der Waals surface area (Å²) in [4.78, 5) is 16.6. The van der Waals surface area contributed by atoms with Gasteiger partial charge < -0.3 is 4.74 Å². The Morgan fingerprint density at radius 3 is 2.50 bits per heavy atom. The molecule has 0 saturated carbocycles. The van der Waals surface area contributed by atoms with Crippen LogP contribution in [0.2, 0.25) is 0 Å². The number of esters is 1. The summed E-state index contributed by atoms with van der Waals surface area (Å²) in [6.45, 7) is 0. The number of halogens is 1. The summed E-state index contributed by atoms with van der Waals surface area (Å²) in [7, 11) is 0. The Bertz CT molecular complexity index is 1080. The molecule has 0 bridgehead atoms. The number of hydrogen-bond acceptors (Lipinski definition) is 3. The van der Waals surface area contributed by atoms with Crippen LogP contribution < -0.4 is 0 Å². The van der Waals surface area contributed by atoms with Gasteiger partial charge in [-0.2, -0.15) is 0 Å². The van der Waals surface area contributed by atoms with Crippen molar-refractivity contribution in [3.63, 3.8) is 0 Å². The molecule has 0 radical (unpaired) electrons. The summed E-state index contributed by atoms with van der Waals surface area (Å²) in [5.74, 6) is -0.121. The Hall–Kier alpha value is -2.98. The molecular formula is C22H14BrNO2. The van der Waals surface area contributed by atoms with Gasteiger partial charge in [-0.05, 0) is 34.6 Å². The minimum Gasteiger partial charge on any atom is -0.402 e. The van der Waals surface area contributed by atoms with Crippen LogP contribution in [-0.4, -0.2) is 11.9 Å². The smallest absolute Gasteiger partial charge is 0.363 e. The van der Waals surface area contributed by atoms with E-state index in [9.17, 15) is 4.79 Å². The maximum Gasteiger partial charge on any atom is 0.363 e. The lowest BCUT2D eigenvalue weighted by Crippen LogP contribution is -2.05. The minimum absolute atomic E-state index is 0.270. The molecule has 4 heteroatoms. The Kier molecular flexibility index (Phi) is 4.50. The Morgan fingerprint density at radius 1 is 0.923 bits per heavy atom. The highest BCUT2D eigenvalue weighted by Crippen LogP contribution is 2.25. The van der Waals surface area contributed by atoms with Crippen molar-refractivity contribution in [3.05, 3.63) is 100 Å². The highest BCUT2D eigenvalue weighted by molar-refractivity contribution is 9.12. The van der Waals surface area contributed by atoms with Gasteiger partial charge in [-0.1, -0.05) is 82.7 Å². The fourth-order valence-corrected chi connectivity index (χ4v) is 3.30. The molecule has 0 aliphatic carbocycles. The summed E-state index contributed by atoms with van der Waals surface area (Å²) in [6, 6.07) is 23.7. The minimum atomic E-state index is -0.452. The number of carbonyl (C=O) groups is 1. The highest BCUT2D eigenvalue weighted by atomic mass is 79.9. The van der Waals surface area contributed by atoms with E-state index in [1.165, 1.54) is 0 Å². The lowest BCUT2D eigenvalue weighted by atomic mass is 10.0. The topological polar surface area (TPSA) is 38.7 Å². The molecule has 0 fully saturated rings. The van der Waals surface area contributed by atoms with E-state index in [1.54, 1.807) is 6.08 Å². The number of ether oxygens (including phenoxy) is 1. The van der Waals surface area contributed by atoms with Crippen LogP contribution in [0.15, 0.2) is 94.0 Å². The van der Waals surface area contributed by atoms with Gasteiger partial charge in [-0.25, -0.2) is 9.79 Å². The summed E-state index contributed by atoms with van der Waals surface area (Å²) in [5.41, 5.74) is 2.11. The zero-order valence-corrected chi connectivity index (χ0v) is 15.3. The van der Waals surface area contributed by atoms with E-state index < -0.39 is 5.97 Å². The van der Waals surface area contributed by atoms with Gasteiger partial charge in [0.2, 0.25) is 5.90 Å². The average Bonchev–Trinajstić information content (AvgIpc) is 3.02. The van der Waals surface area contributed by atoms with E-state index in [0.717, 1.165) is 26.4 Å². The van der Waals surface area contributed by atoms with Crippen LogP contribution in [0.1, 0.15) is 11.1 Å². The largest absolute Gasteiger partial charge is 0.402 e. The number of allylic oxidation sites excluding steroid dienone is 2. The van der Waals surface area contributed by atoms with E-state index in [0.29, 0.717) is 5.90 Å². The Morgan fingerprint density at radius 2 is 1.65 bits per heavy atom. The van der Waals surface area contributed by atoms with Crippen LogP contribution in [0.3, 0.4) is 0 Å². The van der Waals surface area contributed by atoms with Gasteiger partial charge >= 0.3 is 5.97 Å². The first-order chi connectivity index (χ1) is 12.7. The molecule has 0 N–H and O–H groups in total. The number of nitrogens with zero attached hydrogens (tertiary/aromatic N) is 1. The molecule has 3 nitrogen and oxygen atoms in total. The number of fused-ring (bicyclic) bond motifs is 1. The number of hydrogen-bond donors (Lipinski definition) is 0. The van der Waals surface area contributed by atoms with Crippen molar-refractivity contribution in [1.82, 2.24) is 0 Å². The molecule has 0 aromatic heterocycles. The molecule has 1 heterocycles. The van der Waals surface area contributed by atoms with Crippen molar-refractivity contribution in [2.45, 2.75) is 0 Å². The predicted molar refractivity (Wildman–Crippen MR) is 108 cm³/mol. The van der Waals surface area contributed by atoms with Gasteiger partial charge in [-0.3, -0.25) is 0 Å². The van der Waals surface area contributed by atoms with Gasteiger partial charge in [0, 0.05) is 10.0 Å². The van der Waals surface area contributed by atoms with Crippen molar-refractivity contribution < 1.29 is 9.53 Å². The molecule has 3 aromatic rings. The second-order valence-corrected chi connectivity index (χ2v) is 6.72. The van der Waals surface area contributed by atoms with Crippen LogP contribution in [0.4, 0.5) is 0 Å². The summed E-state index contributed by atoms with van der Waals surface area (Å²) < 4.78 is 6.16. The lowest BCUT2D eigenvalue weighted by molar-refractivity contribution is -0.130. The second kappa shape index (κ2) is 7.10. The van der Waals surface area contributed by atoms with Crippen LogP contribution in [0, 0.1) is 0 Å². The molecule has 0 atom stereocenters. The van der Waals surface area contributed by atoms with Crippen molar-refractivity contribution in [1.29, 1.82) is 0 Å². The number of cyclic esters (lactones) is 1. The fourth-order valence-electron chi connectivity index (χ4n) is 2.82. The summed E-state index contributed by atoms with van der Waals surface area (Å²) in [6.07, 6.45) is 3.60. The molecule has 0 saturated heterocycles. The van der Waals surface area contributed by atoms with Crippen molar-refractivity contribution in [3.8, 4) is 0 Å². The van der Waals surface area contributed by atoms with E-state index in [2.05, 4.69) is 20.9 Å². The molecule has 1 aliphatic rings. The molecule has 3 aromatic carbocycles. The van der Waals surface area contributed by atoms with Crippen molar-refractivity contribution >= 4 is 44.6 Å². The van der Waals surface area contributed by atoms with E-state index in [1.807, 2.05) is 78.9 Å². The SMILES string of the molecule is O=C1OC(c2cccc3ccccc23)=N/C1=C/C(Br)=C/c1ccccc1. The number of carbonyl (C=O) groups excluding carboxylic acids is 1. The summed E-state index contributed by atoms with van der Waals surface area (Å²) in [5, 5.41) is 2.08. The maximum absolute atomic E-state index is 12.2. The third kappa shape index (κ3) is 3.37. The lowest BCUT2D eigenvalue weighted by Gasteiger charge is -2.04. The van der Waals surface area contributed by atoms with Crippen molar-refractivity contribution in [2.24, 2.45) is 4.99 Å². The molecule has 1 aliphatic heterocycles. The quantitative estimate of drug-likeness (QED) is 0.429. The molecule has 26 heavy (non-hydrogen) atoms. The molecular weight excluding hydrogens is 390 g/mol. The maximum atomic E-state index is 12.2. The number of rotatable bonds is 3. The van der Waals surface area contributed by atoms with Crippen LogP contribution in [-0.2, 0) is 9.53 Å². The van der Waals surface area contributed by atoms with Gasteiger partial charge in [-0.15, -0.1) is 0 Å². The fraction of sp³-hybridized carbons (Fsp3) is 0. The van der Waals surface area contributed by atoms with Gasteiger partial charge in [0.25, 0.3) is 0 Å². The van der Waals surface area contributed by atoms with E-state index in [-0.39, 0.29) is 5.70 Å². The third-order valence-corrected chi connectivity index (χ3v) is 4.48. The zero-order chi connectivity index (χ0) is 17.9. The van der Waals surface area contributed by atoms with Gasteiger partial charge in [0.1, 0.15) is 0 Å². The predicted octanol–water partition coefficient (Wildman–Crippen LogP) is 5.46. The zero-order valence-electron chi connectivity index (χ0n) is 13.7. The highest BCUT2D eigenvalue weighted by Gasteiger charge is 2.25. The van der Waals surface area contributed by atoms with Gasteiger partial charge in [0.15, 0.2) is 5.70 Å². The standard InChI is InChI=1S/C22H14BrNO2/c23-17(13-15-7-2-1-3-8-15)14-20-22(25)26-21(24-20)19-12-6-10-16-9-4-5-11-18(16)19/h1-14H/b17-13-,20-14+. The van der Waals surface area contributed by atoms with Crippen LogP contribution in [0.25, 0.3) is 16.8 Å². The number of aliphatic imine (C=N–C) groups is 1. The van der Waals surface area contributed by atoms with E-state index in [4.69, 9.17) is 4.74 Å². The normalized spacial score (nSPS) is 16.0. The Balaban J connectivity index is 1.70.